The average Bonchev–Trinajstić information content (AvgIpc) is 2.63. The van der Waals surface area contributed by atoms with Crippen LogP contribution < -0.4 is 5.73 Å². The fraction of sp³-hybridized carbons (Fsp3) is 0.833. The van der Waals surface area contributed by atoms with E-state index in [0.29, 0.717) is 0 Å². The molecule has 0 spiro atoms. The van der Waals surface area contributed by atoms with Crippen molar-refractivity contribution in [2.45, 2.75) is 37.6 Å². The van der Waals surface area contributed by atoms with E-state index in [2.05, 4.69) is 11.5 Å². The first-order chi connectivity index (χ1) is 7.20. The molecule has 0 unspecified atom stereocenters. The molecule has 0 aliphatic heterocycles. The van der Waals surface area contributed by atoms with Crippen LogP contribution in [0.25, 0.3) is 0 Å². The van der Waals surface area contributed by atoms with Gasteiger partial charge in [-0.15, -0.1) is 6.58 Å². The van der Waals surface area contributed by atoms with Gasteiger partial charge in [0.05, 0.1) is 6.61 Å². The zero-order chi connectivity index (χ0) is 11.1. The van der Waals surface area contributed by atoms with Gasteiger partial charge in [-0.25, -0.2) is 0 Å². The molecule has 15 heavy (non-hydrogen) atoms. The molecule has 0 saturated heterocycles. The Morgan fingerprint density at radius 3 is 2.53 bits per heavy atom. The van der Waals surface area contributed by atoms with Crippen LogP contribution in [0.5, 0.6) is 0 Å². The van der Waals surface area contributed by atoms with E-state index in [4.69, 9.17) is 10.8 Å². The van der Waals surface area contributed by atoms with E-state index in [-0.39, 0.29) is 12.1 Å². The molecular formula is C12H24N2O. The molecule has 0 aromatic rings. The van der Waals surface area contributed by atoms with E-state index in [1.165, 1.54) is 12.8 Å². The molecule has 3 nitrogen and oxygen atoms in total. The maximum Gasteiger partial charge on any atom is 0.0558 e. The summed E-state index contributed by atoms with van der Waals surface area (Å²) in [6, 6.07) is 0. The van der Waals surface area contributed by atoms with Crippen molar-refractivity contribution in [2.75, 3.05) is 26.2 Å². The van der Waals surface area contributed by atoms with Crippen LogP contribution >= 0.6 is 0 Å². The summed E-state index contributed by atoms with van der Waals surface area (Å²) >= 11 is 0. The Labute approximate surface area is 93.0 Å². The third-order valence-corrected chi connectivity index (χ3v) is 3.33. The van der Waals surface area contributed by atoms with Crippen LogP contribution in [0.15, 0.2) is 12.7 Å². The summed E-state index contributed by atoms with van der Waals surface area (Å²) in [4.78, 5) is 2.21. The second-order valence-electron chi connectivity index (χ2n) is 4.63. The molecule has 1 aliphatic carbocycles. The summed E-state index contributed by atoms with van der Waals surface area (Å²) in [6.45, 7) is 6.48. The first-order valence-corrected chi connectivity index (χ1v) is 5.93. The minimum absolute atomic E-state index is 0.0644. The highest BCUT2D eigenvalue weighted by molar-refractivity contribution is 4.90. The zero-order valence-corrected chi connectivity index (χ0v) is 9.62. The second kappa shape index (κ2) is 6.26. The first-order valence-electron chi connectivity index (χ1n) is 5.93. The topological polar surface area (TPSA) is 49.5 Å². The summed E-state index contributed by atoms with van der Waals surface area (Å²) in [5, 5.41) is 8.91. The van der Waals surface area contributed by atoms with Crippen molar-refractivity contribution in [3.05, 3.63) is 12.7 Å². The lowest BCUT2D eigenvalue weighted by Crippen LogP contribution is -2.41. The van der Waals surface area contributed by atoms with E-state index in [0.717, 1.165) is 38.9 Å². The maximum absolute atomic E-state index is 8.91. The number of hydrogen-bond acceptors (Lipinski definition) is 3. The van der Waals surface area contributed by atoms with E-state index >= 15 is 0 Å². The number of hydrogen-bond donors (Lipinski definition) is 2. The Morgan fingerprint density at radius 2 is 2.00 bits per heavy atom. The number of aliphatic hydroxyl groups is 1. The van der Waals surface area contributed by atoms with Gasteiger partial charge in [-0.1, -0.05) is 18.9 Å². The number of nitrogens with zero attached hydrogens (tertiary/aromatic N) is 1. The van der Waals surface area contributed by atoms with Gasteiger partial charge in [0, 0.05) is 25.2 Å². The van der Waals surface area contributed by atoms with Crippen LogP contribution in [0.3, 0.4) is 0 Å². The third-order valence-electron chi connectivity index (χ3n) is 3.33. The minimum atomic E-state index is 0.0644. The summed E-state index contributed by atoms with van der Waals surface area (Å²) in [6.07, 6.45) is 7.80. The SMILES string of the molecule is C=CCN(CCO)CCC1(N)CCCC1. The molecule has 0 radical (unpaired) electrons. The van der Waals surface area contributed by atoms with Crippen LogP contribution in [-0.4, -0.2) is 41.8 Å². The van der Waals surface area contributed by atoms with Gasteiger partial charge in [-0.05, 0) is 19.3 Å². The second-order valence-corrected chi connectivity index (χ2v) is 4.63. The Morgan fingerprint density at radius 1 is 1.33 bits per heavy atom. The molecule has 0 aromatic carbocycles. The molecule has 1 aliphatic rings. The predicted octanol–water partition coefficient (Wildman–Crippen LogP) is 1.13. The lowest BCUT2D eigenvalue weighted by atomic mass is 9.94. The lowest BCUT2D eigenvalue weighted by molar-refractivity contribution is 0.194. The maximum atomic E-state index is 8.91. The van der Waals surface area contributed by atoms with Crippen molar-refractivity contribution in [3.8, 4) is 0 Å². The third kappa shape index (κ3) is 4.33. The highest BCUT2D eigenvalue weighted by Crippen LogP contribution is 2.30. The summed E-state index contributed by atoms with van der Waals surface area (Å²) in [5.41, 5.74) is 6.35. The van der Waals surface area contributed by atoms with Gasteiger partial charge < -0.3 is 10.8 Å². The molecule has 0 aromatic heterocycles. The van der Waals surface area contributed by atoms with E-state index in [9.17, 15) is 0 Å². The lowest BCUT2D eigenvalue weighted by Gasteiger charge is -2.28. The van der Waals surface area contributed by atoms with Crippen LogP contribution in [0, 0.1) is 0 Å². The molecular weight excluding hydrogens is 188 g/mol. The molecule has 0 bridgehead atoms. The molecule has 3 heteroatoms. The average molecular weight is 212 g/mol. The van der Waals surface area contributed by atoms with Crippen molar-refractivity contribution in [2.24, 2.45) is 5.73 Å². The van der Waals surface area contributed by atoms with Crippen LogP contribution in [0.2, 0.25) is 0 Å². The van der Waals surface area contributed by atoms with Crippen LogP contribution in [-0.2, 0) is 0 Å². The van der Waals surface area contributed by atoms with Crippen molar-refractivity contribution in [1.82, 2.24) is 4.90 Å². The Kier molecular flexibility index (Phi) is 5.29. The summed E-state index contributed by atoms with van der Waals surface area (Å²) in [5.74, 6) is 0. The standard InChI is InChI=1S/C12H24N2O/c1-2-8-14(10-11-15)9-7-12(13)5-3-4-6-12/h2,15H,1,3-11,13H2. The van der Waals surface area contributed by atoms with Crippen LogP contribution in [0.4, 0.5) is 0 Å². The van der Waals surface area contributed by atoms with E-state index in [1.54, 1.807) is 0 Å². The van der Waals surface area contributed by atoms with Gasteiger partial charge in [-0.2, -0.15) is 0 Å². The molecule has 88 valence electrons. The molecule has 0 amide bonds. The molecule has 0 heterocycles. The van der Waals surface area contributed by atoms with Crippen LogP contribution in [0.1, 0.15) is 32.1 Å². The van der Waals surface area contributed by atoms with Crippen molar-refractivity contribution in [3.63, 3.8) is 0 Å². The summed E-state index contributed by atoms with van der Waals surface area (Å²) in [7, 11) is 0. The van der Waals surface area contributed by atoms with Crippen molar-refractivity contribution < 1.29 is 5.11 Å². The van der Waals surface area contributed by atoms with Gasteiger partial charge in [0.25, 0.3) is 0 Å². The zero-order valence-electron chi connectivity index (χ0n) is 9.62. The molecule has 0 atom stereocenters. The molecule has 3 N–H and O–H groups in total. The first kappa shape index (κ1) is 12.7. The van der Waals surface area contributed by atoms with Gasteiger partial charge in [-0.3, -0.25) is 4.90 Å². The highest BCUT2D eigenvalue weighted by atomic mass is 16.3. The molecule has 1 saturated carbocycles. The van der Waals surface area contributed by atoms with E-state index < -0.39 is 0 Å². The van der Waals surface area contributed by atoms with Gasteiger partial charge in [0.1, 0.15) is 0 Å². The van der Waals surface area contributed by atoms with Gasteiger partial charge in [0.15, 0.2) is 0 Å². The van der Waals surface area contributed by atoms with Gasteiger partial charge >= 0.3 is 0 Å². The normalized spacial score (nSPS) is 19.7. The fourth-order valence-electron chi connectivity index (χ4n) is 2.33. The monoisotopic (exact) mass is 212 g/mol. The van der Waals surface area contributed by atoms with Crippen molar-refractivity contribution >= 4 is 0 Å². The van der Waals surface area contributed by atoms with Crippen molar-refractivity contribution in [1.29, 1.82) is 0 Å². The fourth-order valence-corrected chi connectivity index (χ4v) is 2.33. The number of nitrogens with two attached hydrogens (primary N) is 1. The Bertz CT molecular complexity index is 188. The minimum Gasteiger partial charge on any atom is -0.395 e. The quantitative estimate of drug-likeness (QED) is 0.622. The summed E-state index contributed by atoms with van der Waals surface area (Å²) < 4.78 is 0. The predicted molar refractivity (Wildman–Crippen MR) is 63.7 cm³/mol. The molecule has 1 fully saturated rings. The Balaban J connectivity index is 2.28. The number of rotatable bonds is 7. The smallest absolute Gasteiger partial charge is 0.0558 e. The number of aliphatic hydroxyl groups excluding tert-OH is 1. The highest BCUT2D eigenvalue weighted by Gasteiger charge is 2.29. The Hall–Kier alpha value is -0.380. The van der Waals surface area contributed by atoms with Gasteiger partial charge in [0.2, 0.25) is 0 Å². The largest absolute Gasteiger partial charge is 0.395 e. The van der Waals surface area contributed by atoms with E-state index in [1.807, 2.05) is 6.08 Å². The molecule has 1 rings (SSSR count).